The van der Waals surface area contributed by atoms with Gasteiger partial charge in [0.05, 0.1) is 0 Å². The average molecular weight is 157 g/mol. The van der Waals surface area contributed by atoms with Gasteiger partial charge in [0.1, 0.15) is 0 Å². The molecule has 0 saturated heterocycles. The monoisotopic (exact) mass is 157 g/mol. The quantitative estimate of drug-likeness (QED) is 0.627. The minimum atomic E-state index is 0.652. The van der Waals surface area contributed by atoms with Crippen LogP contribution in [0, 0.1) is 11.8 Å². The molecule has 1 aliphatic carbocycles. The van der Waals surface area contributed by atoms with Crippen molar-refractivity contribution in [3.8, 4) is 0 Å². The van der Waals surface area contributed by atoms with E-state index in [1.54, 1.807) is 7.11 Å². The fourth-order valence-corrected chi connectivity index (χ4v) is 1.20. The maximum atomic E-state index is 5.04. The summed E-state index contributed by atoms with van der Waals surface area (Å²) in [5.74, 6) is 1.64. The Morgan fingerprint density at radius 1 is 1.55 bits per heavy atom. The highest BCUT2D eigenvalue weighted by molar-refractivity contribution is 4.75. The Kier molecular flexibility index (Phi) is 3.87. The first-order chi connectivity index (χ1) is 5.33. The number of rotatable bonds is 6. The van der Waals surface area contributed by atoms with Gasteiger partial charge < -0.3 is 10.1 Å². The van der Waals surface area contributed by atoms with Crippen molar-refractivity contribution in [3.63, 3.8) is 0 Å². The van der Waals surface area contributed by atoms with Crippen LogP contribution < -0.4 is 5.32 Å². The molecule has 2 heteroatoms. The molecule has 1 saturated carbocycles. The molecule has 0 bridgehead atoms. The summed E-state index contributed by atoms with van der Waals surface area (Å²) in [6, 6.07) is 0. The summed E-state index contributed by atoms with van der Waals surface area (Å²) >= 11 is 0. The molecule has 1 aliphatic rings. The van der Waals surface area contributed by atoms with Crippen molar-refractivity contribution < 1.29 is 4.74 Å². The summed E-state index contributed by atoms with van der Waals surface area (Å²) in [4.78, 5) is 0. The third-order valence-electron chi connectivity index (χ3n) is 2.07. The molecule has 0 heterocycles. The number of hydrogen-bond donors (Lipinski definition) is 1. The van der Waals surface area contributed by atoms with E-state index in [0.29, 0.717) is 5.92 Å². The van der Waals surface area contributed by atoms with E-state index in [1.807, 2.05) is 0 Å². The van der Waals surface area contributed by atoms with E-state index in [0.717, 1.165) is 19.1 Å². The Labute approximate surface area is 69.3 Å². The molecule has 1 rings (SSSR count). The van der Waals surface area contributed by atoms with Gasteiger partial charge in [0.2, 0.25) is 0 Å². The van der Waals surface area contributed by atoms with Crippen LogP contribution in [0.3, 0.4) is 0 Å². The summed E-state index contributed by atoms with van der Waals surface area (Å²) in [6.45, 7) is 5.40. The molecule has 0 aromatic carbocycles. The van der Waals surface area contributed by atoms with Crippen LogP contribution in [0.1, 0.15) is 19.8 Å². The van der Waals surface area contributed by atoms with Crippen LogP contribution in [0.4, 0.5) is 0 Å². The maximum Gasteiger partial charge on any atom is 0.0499 e. The molecule has 1 fully saturated rings. The molecule has 1 atom stereocenters. The molecule has 0 amide bonds. The second kappa shape index (κ2) is 4.73. The van der Waals surface area contributed by atoms with Crippen LogP contribution >= 0.6 is 0 Å². The van der Waals surface area contributed by atoms with Crippen molar-refractivity contribution in [1.82, 2.24) is 5.32 Å². The highest BCUT2D eigenvalue weighted by atomic mass is 16.5. The van der Waals surface area contributed by atoms with Crippen LogP contribution in [-0.2, 0) is 4.74 Å². The molecule has 1 unspecified atom stereocenters. The lowest BCUT2D eigenvalue weighted by Crippen LogP contribution is -2.25. The van der Waals surface area contributed by atoms with Gasteiger partial charge in [0.25, 0.3) is 0 Å². The lowest BCUT2D eigenvalue weighted by Gasteiger charge is -2.10. The Balaban J connectivity index is 1.84. The Morgan fingerprint density at radius 3 is 2.82 bits per heavy atom. The van der Waals surface area contributed by atoms with E-state index in [2.05, 4.69) is 12.2 Å². The van der Waals surface area contributed by atoms with E-state index in [1.165, 1.54) is 19.4 Å². The molecule has 0 aliphatic heterocycles. The van der Waals surface area contributed by atoms with Crippen LogP contribution in [0.2, 0.25) is 0 Å². The van der Waals surface area contributed by atoms with Crippen molar-refractivity contribution in [3.05, 3.63) is 0 Å². The number of hydrogen-bond acceptors (Lipinski definition) is 2. The van der Waals surface area contributed by atoms with Crippen LogP contribution in [-0.4, -0.2) is 26.8 Å². The maximum absolute atomic E-state index is 5.04. The fourth-order valence-electron chi connectivity index (χ4n) is 1.20. The van der Waals surface area contributed by atoms with E-state index in [9.17, 15) is 0 Å². The first-order valence-electron chi connectivity index (χ1n) is 4.52. The topological polar surface area (TPSA) is 21.3 Å². The summed E-state index contributed by atoms with van der Waals surface area (Å²) in [5, 5.41) is 3.45. The summed E-state index contributed by atoms with van der Waals surface area (Å²) in [6.07, 6.45) is 2.87. The first-order valence-corrected chi connectivity index (χ1v) is 4.52. The standard InChI is InChI=1S/C9H19NO/c1-8(7-11-2)5-10-6-9-3-4-9/h8-10H,3-7H2,1-2H3. The minimum absolute atomic E-state index is 0.652. The van der Waals surface area contributed by atoms with E-state index in [4.69, 9.17) is 4.74 Å². The van der Waals surface area contributed by atoms with Crippen LogP contribution in [0.25, 0.3) is 0 Å². The number of nitrogens with one attached hydrogen (secondary N) is 1. The second-order valence-electron chi connectivity index (χ2n) is 3.66. The van der Waals surface area contributed by atoms with Crippen molar-refractivity contribution in [2.45, 2.75) is 19.8 Å². The Morgan fingerprint density at radius 2 is 2.27 bits per heavy atom. The van der Waals surface area contributed by atoms with Crippen molar-refractivity contribution in [2.24, 2.45) is 11.8 Å². The number of ether oxygens (including phenoxy) is 1. The molecule has 0 spiro atoms. The fraction of sp³-hybridized carbons (Fsp3) is 1.00. The normalized spacial score (nSPS) is 20.2. The third kappa shape index (κ3) is 4.38. The highest BCUT2D eigenvalue weighted by Gasteiger charge is 2.20. The van der Waals surface area contributed by atoms with Gasteiger partial charge in [-0.05, 0) is 37.8 Å². The van der Waals surface area contributed by atoms with Gasteiger partial charge in [-0.2, -0.15) is 0 Å². The minimum Gasteiger partial charge on any atom is -0.384 e. The van der Waals surface area contributed by atoms with E-state index < -0.39 is 0 Å². The smallest absolute Gasteiger partial charge is 0.0499 e. The van der Waals surface area contributed by atoms with Crippen molar-refractivity contribution >= 4 is 0 Å². The largest absolute Gasteiger partial charge is 0.384 e. The molecule has 0 aromatic rings. The van der Waals surface area contributed by atoms with E-state index in [-0.39, 0.29) is 0 Å². The van der Waals surface area contributed by atoms with Gasteiger partial charge in [-0.25, -0.2) is 0 Å². The first kappa shape index (κ1) is 9.01. The van der Waals surface area contributed by atoms with Crippen molar-refractivity contribution in [1.29, 1.82) is 0 Å². The van der Waals surface area contributed by atoms with Crippen LogP contribution in [0.15, 0.2) is 0 Å². The van der Waals surface area contributed by atoms with Gasteiger partial charge in [0.15, 0.2) is 0 Å². The predicted octanol–water partition coefficient (Wildman–Crippen LogP) is 1.27. The van der Waals surface area contributed by atoms with E-state index >= 15 is 0 Å². The summed E-state index contributed by atoms with van der Waals surface area (Å²) in [7, 11) is 1.76. The Hall–Kier alpha value is -0.0800. The van der Waals surface area contributed by atoms with Crippen LogP contribution in [0.5, 0.6) is 0 Å². The molecular weight excluding hydrogens is 138 g/mol. The van der Waals surface area contributed by atoms with Gasteiger partial charge in [-0.1, -0.05) is 6.92 Å². The lowest BCUT2D eigenvalue weighted by molar-refractivity contribution is 0.158. The van der Waals surface area contributed by atoms with Gasteiger partial charge in [-0.3, -0.25) is 0 Å². The molecule has 1 N–H and O–H groups in total. The summed E-state index contributed by atoms with van der Waals surface area (Å²) < 4.78 is 5.04. The molecule has 66 valence electrons. The van der Waals surface area contributed by atoms with Gasteiger partial charge in [-0.15, -0.1) is 0 Å². The zero-order valence-electron chi connectivity index (χ0n) is 7.60. The summed E-state index contributed by atoms with van der Waals surface area (Å²) in [5.41, 5.74) is 0. The molecule has 0 aromatic heterocycles. The molecule has 2 nitrogen and oxygen atoms in total. The SMILES string of the molecule is COCC(C)CNCC1CC1. The highest BCUT2D eigenvalue weighted by Crippen LogP contribution is 2.27. The zero-order valence-corrected chi connectivity index (χ0v) is 7.60. The Bertz CT molecular complexity index is 102. The van der Waals surface area contributed by atoms with Gasteiger partial charge in [0, 0.05) is 13.7 Å². The third-order valence-corrected chi connectivity index (χ3v) is 2.07. The number of methoxy groups -OCH3 is 1. The lowest BCUT2D eigenvalue weighted by atomic mass is 10.2. The van der Waals surface area contributed by atoms with Gasteiger partial charge >= 0.3 is 0 Å². The van der Waals surface area contributed by atoms with Crippen molar-refractivity contribution in [2.75, 3.05) is 26.8 Å². The molecule has 0 radical (unpaired) electrons. The second-order valence-corrected chi connectivity index (χ2v) is 3.66. The average Bonchev–Trinajstić information content (AvgIpc) is 2.72. The zero-order chi connectivity index (χ0) is 8.10. The predicted molar refractivity (Wildman–Crippen MR) is 46.6 cm³/mol. The molecule has 11 heavy (non-hydrogen) atoms. The molecular formula is C9H19NO.